The number of urea groups is 1. The minimum Gasteiger partial charge on any atom is -0.480 e. The molecule has 1 aromatic heterocycles. The van der Waals surface area contributed by atoms with Gasteiger partial charge in [-0.1, -0.05) is 30.3 Å². The molecular formula is C18H18ClN3O4. The molecular weight excluding hydrogens is 358 g/mol. The molecule has 136 valence electrons. The molecule has 3 rings (SSSR count). The molecule has 3 amide bonds. The normalized spacial score (nSPS) is 19.4. The van der Waals surface area contributed by atoms with E-state index in [9.17, 15) is 14.4 Å². The van der Waals surface area contributed by atoms with Crippen molar-refractivity contribution in [2.24, 2.45) is 0 Å². The molecule has 1 unspecified atom stereocenters. The minimum atomic E-state index is -1.29. The fraction of sp³-hybridized carbons (Fsp3) is 0.222. The predicted molar refractivity (Wildman–Crippen MR) is 95.6 cm³/mol. The molecule has 1 aromatic carbocycles. The first-order valence-electron chi connectivity index (χ1n) is 7.74. The molecule has 26 heavy (non-hydrogen) atoms. The van der Waals surface area contributed by atoms with Gasteiger partial charge >= 0.3 is 12.0 Å². The summed E-state index contributed by atoms with van der Waals surface area (Å²) < 4.78 is 0. The summed E-state index contributed by atoms with van der Waals surface area (Å²) in [6.45, 7) is 1.16. The number of hydrogen-bond donors (Lipinski definition) is 1. The lowest BCUT2D eigenvalue weighted by atomic mass is 9.90. The molecule has 2 heterocycles. The van der Waals surface area contributed by atoms with Crippen molar-refractivity contribution < 1.29 is 19.5 Å². The van der Waals surface area contributed by atoms with Crippen LogP contribution in [0.15, 0.2) is 54.9 Å². The minimum absolute atomic E-state index is 0. The Balaban J connectivity index is 0.00000243. The summed E-state index contributed by atoms with van der Waals surface area (Å²) in [6.07, 6.45) is 3.08. The van der Waals surface area contributed by atoms with Gasteiger partial charge in [0.25, 0.3) is 5.91 Å². The number of carbonyl (C=O) groups is 3. The number of aromatic nitrogens is 1. The third kappa shape index (κ3) is 3.25. The maximum absolute atomic E-state index is 13.0. The fourth-order valence-corrected chi connectivity index (χ4v) is 3.02. The van der Waals surface area contributed by atoms with Crippen LogP contribution in [0.5, 0.6) is 0 Å². The summed E-state index contributed by atoms with van der Waals surface area (Å²) in [5, 5.41) is 9.05. The average Bonchev–Trinajstić information content (AvgIpc) is 2.79. The lowest BCUT2D eigenvalue weighted by molar-refractivity contribution is -0.143. The average molecular weight is 376 g/mol. The van der Waals surface area contributed by atoms with Crippen LogP contribution in [-0.4, -0.2) is 44.3 Å². The zero-order valence-electron chi connectivity index (χ0n) is 14.0. The van der Waals surface area contributed by atoms with Gasteiger partial charge in [-0.3, -0.25) is 19.5 Å². The monoisotopic (exact) mass is 375 g/mol. The number of rotatable bonds is 5. The first-order valence-corrected chi connectivity index (χ1v) is 7.74. The van der Waals surface area contributed by atoms with Gasteiger partial charge < -0.3 is 10.0 Å². The van der Waals surface area contributed by atoms with Crippen LogP contribution in [0, 0.1) is 0 Å². The molecule has 2 aromatic rings. The number of carbonyl (C=O) groups excluding carboxylic acids is 2. The molecule has 1 atom stereocenters. The van der Waals surface area contributed by atoms with Crippen molar-refractivity contribution in [3.63, 3.8) is 0 Å². The van der Waals surface area contributed by atoms with E-state index in [2.05, 4.69) is 4.98 Å². The van der Waals surface area contributed by atoms with E-state index in [1.165, 1.54) is 4.90 Å². The Bertz CT molecular complexity index is 816. The maximum atomic E-state index is 13.0. The number of aliphatic carboxylic acids is 1. The van der Waals surface area contributed by atoms with Crippen molar-refractivity contribution in [2.45, 2.75) is 19.0 Å². The Morgan fingerprint density at radius 2 is 1.73 bits per heavy atom. The van der Waals surface area contributed by atoms with Crippen molar-refractivity contribution in [1.82, 2.24) is 14.8 Å². The number of benzene rings is 1. The second-order valence-electron chi connectivity index (χ2n) is 5.95. The third-order valence-electron chi connectivity index (χ3n) is 4.38. The fourth-order valence-electron chi connectivity index (χ4n) is 3.02. The zero-order chi connectivity index (χ0) is 18.0. The van der Waals surface area contributed by atoms with Crippen LogP contribution < -0.4 is 0 Å². The molecule has 0 aliphatic carbocycles. The third-order valence-corrected chi connectivity index (χ3v) is 4.38. The number of nitrogens with zero attached hydrogens (tertiary/aromatic N) is 3. The lowest BCUT2D eigenvalue weighted by Gasteiger charge is -2.32. The van der Waals surface area contributed by atoms with Crippen LogP contribution in [0.25, 0.3) is 0 Å². The summed E-state index contributed by atoms with van der Waals surface area (Å²) in [5.74, 6) is -1.79. The molecule has 1 saturated heterocycles. The van der Waals surface area contributed by atoms with Gasteiger partial charge in [-0.05, 0) is 30.2 Å². The van der Waals surface area contributed by atoms with Gasteiger partial charge in [0, 0.05) is 18.9 Å². The second-order valence-corrected chi connectivity index (χ2v) is 5.95. The standard InChI is InChI=1S/C18H17N3O4.ClH/c1-18(14-7-9-19-10-8-14)16(24)20(12-15(22)23)17(25)21(18)11-13-5-3-2-4-6-13;/h2-10H,11-12H2,1H3,(H,22,23);1H. The molecule has 1 fully saturated rings. The molecule has 1 aliphatic rings. The van der Waals surface area contributed by atoms with Crippen molar-refractivity contribution in [3.05, 3.63) is 66.0 Å². The number of imide groups is 1. The molecule has 8 heteroatoms. The molecule has 7 nitrogen and oxygen atoms in total. The van der Waals surface area contributed by atoms with Crippen LogP contribution in [0.4, 0.5) is 4.79 Å². The SMILES string of the molecule is CC1(c2ccncc2)C(=O)N(CC(=O)O)C(=O)N1Cc1ccccc1.Cl. The van der Waals surface area contributed by atoms with E-state index in [1.807, 2.05) is 30.3 Å². The van der Waals surface area contributed by atoms with Crippen molar-refractivity contribution in [3.8, 4) is 0 Å². The van der Waals surface area contributed by atoms with Crippen molar-refractivity contribution in [2.75, 3.05) is 6.54 Å². The number of hydrogen-bond acceptors (Lipinski definition) is 4. The summed E-state index contributed by atoms with van der Waals surface area (Å²) >= 11 is 0. The number of carboxylic acid groups (broad SMARTS) is 1. The molecule has 1 N–H and O–H groups in total. The van der Waals surface area contributed by atoms with Gasteiger partial charge in [0.05, 0.1) is 0 Å². The van der Waals surface area contributed by atoms with E-state index in [-0.39, 0.29) is 19.0 Å². The van der Waals surface area contributed by atoms with Crippen LogP contribution in [-0.2, 0) is 21.7 Å². The highest BCUT2D eigenvalue weighted by Crippen LogP contribution is 2.38. The highest BCUT2D eigenvalue weighted by molar-refractivity contribution is 6.08. The Morgan fingerprint density at radius 3 is 2.31 bits per heavy atom. The Hall–Kier alpha value is -2.93. The van der Waals surface area contributed by atoms with Crippen LogP contribution >= 0.6 is 12.4 Å². The lowest BCUT2D eigenvalue weighted by Crippen LogP contribution is -2.44. The Labute approximate surface area is 156 Å². The highest BCUT2D eigenvalue weighted by atomic mass is 35.5. The second kappa shape index (κ2) is 7.53. The van der Waals surface area contributed by atoms with Crippen molar-refractivity contribution in [1.29, 1.82) is 0 Å². The molecule has 0 spiro atoms. The first kappa shape index (κ1) is 19.4. The summed E-state index contributed by atoms with van der Waals surface area (Å²) in [7, 11) is 0. The van der Waals surface area contributed by atoms with Gasteiger partial charge in [-0.2, -0.15) is 0 Å². The number of carboxylic acids is 1. The van der Waals surface area contributed by atoms with Crippen LogP contribution in [0.1, 0.15) is 18.1 Å². The van der Waals surface area contributed by atoms with Gasteiger partial charge in [-0.25, -0.2) is 4.79 Å². The van der Waals surface area contributed by atoms with E-state index in [1.54, 1.807) is 31.5 Å². The smallest absolute Gasteiger partial charge is 0.328 e. The Kier molecular flexibility index (Phi) is 5.62. The van der Waals surface area contributed by atoms with E-state index in [4.69, 9.17) is 5.11 Å². The van der Waals surface area contributed by atoms with E-state index in [0.717, 1.165) is 10.5 Å². The van der Waals surface area contributed by atoms with Crippen LogP contribution in [0.2, 0.25) is 0 Å². The molecule has 0 bridgehead atoms. The van der Waals surface area contributed by atoms with Crippen molar-refractivity contribution >= 4 is 30.3 Å². The van der Waals surface area contributed by atoms with E-state index >= 15 is 0 Å². The quantitative estimate of drug-likeness (QED) is 0.809. The van der Waals surface area contributed by atoms with Gasteiger partial charge in [0.15, 0.2) is 0 Å². The topological polar surface area (TPSA) is 90.8 Å². The maximum Gasteiger partial charge on any atom is 0.328 e. The van der Waals surface area contributed by atoms with Crippen LogP contribution in [0.3, 0.4) is 0 Å². The Morgan fingerprint density at radius 1 is 1.12 bits per heavy atom. The summed E-state index contributed by atoms with van der Waals surface area (Å²) in [5.41, 5.74) is 0.150. The number of pyridine rings is 1. The van der Waals surface area contributed by atoms with Gasteiger partial charge in [0.1, 0.15) is 12.1 Å². The van der Waals surface area contributed by atoms with Gasteiger partial charge in [0.2, 0.25) is 0 Å². The molecule has 0 saturated carbocycles. The molecule has 1 aliphatic heterocycles. The summed E-state index contributed by atoms with van der Waals surface area (Å²) in [6, 6.07) is 12.0. The number of halogens is 1. The van der Waals surface area contributed by atoms with E-state index in [0.29, 0.717) is 5.56 Å². The predicted octanol–water partition coefficient (Wildman–Crippen LogP) is 2.27. The van der Waals surface area contributed by atoms with E-state index < -0.39 is 30.0 Å². The molecule has 0 radical (unpaired) electrons. The zero-order valence-corrected chi connectivity index (χ0v) is 14.8. The van der Waals surface area contributed by atoms with Gasteiger partial charge in [-0.15, -0.1) is 12.4 Å². The highest BCUT2D eigenvalue weighted by Gasteiger charge is 2.55. The largest absolute Gasteiger partial charge is 0.480 e. The summed E-state index contributed by atoms with van der Waals surface area (Å²) in [4.78, 5) is 43.0. The number of amides is 3. The first-order chi connectivity index (χ1) is 11.9.